The fourth-order valence-corrected chi connectivity index (χ4v) is 4.65. The lowest BCUT2D eigenvalue weighted by atomic mass is 10.2. The van der Waals surface area contributed by atoms with Crippen molar-refractivity contribution in [3.8, 4) is 11.4 Å². The molecule has 0 atom stereocenters. The van der Waals surface area contributed by atoms with Gasteiger partial charge in [0, 0.05) is 0 Å². The summed E-state index contributed by atoms with van der Waals surface area (Å²) in [5.41, 5.74) is 3.04. The molecule has 0 spiro atoms. The minimum Gasteiger partial charge on any atom is -0.494 e. The van der Waals surface area contributed by atoms with Crippen LogP contribution < -0.4 is 15.1 Å². The highest BCUT2D eigenvalue weighted by Crippen LogP contribution is 2.20. The van der Waals surface area contributed by atoms with Crippen LogP contribution in [0.5, 0.6) is 5.75 Å². The van der Waals surface area contributed by atoms with Gasteiger partial charge in [0.2, 0.25) is 0 Å². The zero-order valence-corrected chi connectivity index (χ0v) is 18.9. The van der Waals surface area contributed by atoms with Crippen molar-refractivity contribution in [2.45, 2.75) is 13.5 Å². The standard InChI is InChI=1S/C26H22N4O2S/c1-2-32-22-15-13-20(14-16-22)28-26-29(18-19-9-5-3-6-10-19)24-23(33-26)17-27-30(25(24)31)21-11-7-4-8-12-21/h3-17H,2,18H2,1H3. The van der Waals surface area contributed by atoms with E-state index in [1.165, 1.54) is 16.0 Å². The summed E-state index contributed by atoms with van der Waals surface area (Å²) in [5.74, 6) is 0.805. The van der Waals surface area contributed by atoms with Gasteiger partial charge < -0.3 is 9.30 Å². The number of fused-ring (bicyclic) bond motifs is 1. The zero-order chi connectivity index (χ0) is 22.6. The molecule has 0 N–H and O–H groups in total. The SMILES string of the molecule is CCOc1ccc(N=c2sc3cnn(-c4ccccc4)c(=O)c3n2Cc2ccccc2)cc1. The van der Waals surface area contributed by atoms with Crippen molar-refractivity contribution >= 4 is 27.2 Å². The Hall–Kier alpha value is -3.97. The second-order valence-electron chi connectivity index (χ2n) is 7.41. The number of aromatic nitrogens is 3. The molecule has 0 radical (unpaired) electrons. The average Bonchev–Trinajstić information content (AvgIpc) is 3.19. The Morgan fingerprint density at radius 1 is 0.939 bits per heavy atom. The van der Waals surface area contributed by atoms with Gasteiger partial charge >= 0.3 is 0 Å². The van der Waals surface area contributed by atoms with Gasteiger partial charge in [0.25, 0.3) is 5.56 Å². The monoisotopic (exact) mass is 454 g/mol. The quantitative estimate of drug-likeness (QED) is 0.366. The number of hydrogen-bond donors (Lipinski definition) is 0. The van der Waals surface area contributed by atoms with E-state index in [1.807, 2.05) is 96.4 Å². The number of thiazole rings is 1. The Morgan fingerprint density at radius 3 is 2.33 bits per heavy atom. The van der Waals surface area contributed by atoms with E-state index in [9.17, 15) is 4.79 Å². The lowest BCUT2D eigenvalue weighted by Gasteiger charge is -2.08. The molecule has 0 aliphatic rings. The van der Waals surface area contributed by atoms with Gasteiger partial charge in [-0.05, 0) is 48.9 Å². The summed E-state index contributed by atoms with van der Waals surface area (Å²) in [5, 5.41) is 4.42. The first kappa shape index (κ1) is 20.9. The number of nitrogens with zero attached hydrogens (tertiary/aromatic N) is 4. The summed E-state index contributed by atoms with van der Waals surface area (Å²) in [6.45, 7) is 3.10. The maximum absolute atomic E-state index is 13.6. The molecular formula is C26H22N4O2S. The molecule has 0 fully saturated rings. The molecular weight excluding hydrogens is 432 g/mol. The molecule has 2 aromatic heterocycles. The highest BCUT2D eigenvalue weighted by atomic mass is 32.1. The fourth-order valence-electron chi connectivity index (χ4n) is 3.64. The molecule has 5 rings (SSSR count). The molecule has 164 valence electrons. The number of rotatable bonds is 6. The normalized spacial score (nSPS) is 11.7. The van der Waals surface area contributed by atoms with Crippen molar-refractivity contribution in [2.75, 3.05) is 6.61 Å². The van der Waals surface area contributed by atoms with Gasteiger partial charge in [-0.2, -0.15) is 9.78 Å². The van der Waals surface area contributed by atoms with E-state index in [0.29, 0.717) is 18.7 Å². The van der Waals surface area contributed by atoms with Crippen LogP contribution in [0.2, 0.25) is 0 Å². The molecule has 33 heavy (non-hydrogen) atoms. The maximum atomic E-state index is 13.6. The van der Waals surface area contributed by atoms with Crippen molar-refractivity contribution in [3.63, 3.8) is 0 Å². The van der Waals surface area contributed by atoms with Gasteiger partial charge in [0.05, 0.1) is 35.4 Å². The first-order valence-corrected chi connectivity index (χ1v) is 11.5. The minimum atomic E-state index is -0.168. The Kier molecular flexibility index (Phi) is 5.87. The zero-order valence-electron chi connectivity index (χ0n) is 18.1. The lowest BCUT2D eigenvalue weighted by Crippen LogP contribution is -2.25. The molecule has 0 aliphatic heterocycles. The van der Waals surface area contributed by atoms with E-state index in [1.54, 1.807) is 6.20 Å². The fraction of sp³-hybridized carbons (Fsp3) is 0.115. The Labute approximate surface area is 194 Å². The van der Waals surface area contributed by atoms with Gasteiger partial charge in [0.1, 0.15) is 11.3 Å². The smallest absolute Gasteiger partial charge is 0.296 e. The van der Waals surface area contributed by atoms with Crippen molar-refractivity contribution in [1.82, 2.24) is 14.3 Å². The summed E-state index contributed by atoms with van der Waals surface area (Å²) in [4.78, 5) is 19.2. The maximum Gasteiger partial charge on any atom is 0.296 e. The third kappa shape index (κ3) is 4.36. The molecule has 7 heteroatoms. The van der Waals surface area contributed by atoms with Crippen LogP contribution >= 0.6 is 11.3 Å². The second kappa shape index (κ2) is 9.26. The molecule has 0 amide bonds. The van der Waals surface area contributed by atoms with E-state index >= 15 is 0 Å². The molecule has 0 unspecified atom stereocenters. The Bertz CT molecular complexity index is 1500. The first-order valence-electron chi connectivity index (χ1n) is 10.7. The largest absolute Gasteiger partial charge is 0.494 e. The van der Waals surface area contributed by atoms with Gasteiger partial charge in [-0.25, -0.2) is 4.99 Å². The summed E-state index contributed by atoms with van der Waals surface area (Å²) >= 11 is 1.46. The molecule has 0 bridgehead atoms. The Morgan fingerprint density at radius 2 is 1.64 bits per heavy atom. The van der Waals surface area contributed by atoms with Crippen LogP contribution in [0.15, 0.2) is 101 Å². The second-order valence-corrected chi connectivity index (χ2v) is 8.41. The molecule has 0 aliphatic carbocycles. The average molecular weight is 455 g/mol. The number of benzene rings is 3. The van der Waals surface area contributed by atoms with Crippen molar-refractivity contribution in [1.29, 1.82) is 0 Å². The summed E-state index contributed by atoms with van der Waals surface area (Å²) in [6.07, 6.45) is 1.74. The van der Waals surface area contributed by atoms with E-state index in [4.69, 9.17) is 9.73 Å². The predicted molar refractivity (Wildman–Crippen MR) is 132 cm³/mol. The van der Waals surface area contributed by atoms with Gasteiger partial charge in [0.15, 0.2) is 4.80 Å². The third-order valence-corrected chi connectivity index (χ3v) is 6.19. The van der Waals surface area contributed by atoms with Crippen LogP contribution in [-0.4, -0.2) is 21.0 Å². The van der Waals surface area contributed by atoms with Gasteiger partial charge in [-0.3, -0.25) is 4.79 Å². The van der Waals surface area contributed by atoms with Gasteiger partial charge in [-0.15, -0.1) is 0 Å². The highest BCUT2D eigenvalue weighted by Gasteiger charge is 2.14. The van der Waals surface area contributed by atoms with Crippen molar-refractivity contribution < 1.29 is 4.74 Å². The Balaban J connectivity index is 1.70. The van der Waals surface area contributed by atoms with Crippen molar-refractivity contribution in [2.24, 2.45) is 4.99 Å². The summed E-state index contributed by atoms with van der Waals surface area (Å²) < 4.78 is 9.76. The molecule has 6 nitrogen and oxygen atoms in total. The van der Waals surface area contributed by atoms with Crippen LogP contribution in [0, 0.1) is 0 Å². The van der Waals surface area contributed by atoms with E-state index < -0.39 is 0 Å². The third-order valence-electron chi connectivity index (χ3n) is 5.18. The van der Waals surface area contributed by atoms with E-state index in [-0.39, 0.29) is 5.56 Å². The van der Waals surface area contributed by atoms with E-state index in [2.05, 4.69) is 5.10 Å². The van der Waals surface area contributed by atoms with Crippen LogP contribution in [-0.2, 0) is 6.54 Å². The number of hydrogen-bond acceptors (Lipinski definition) is 5. The van der Waals surface area contributed by atoms with Crippen LogP contribution in [0.4, 0.5) is 5.69 Å². The minimum absolute atomic E-state index is 0.168. The van der Waals surface area contributed by atoms with Crippen LogP contribution in [0.1, 0.15) is 12.5 Å². The molecule has 5 aromatic rings. The molecule has 0 saturated heterocycles. The molecule has 2 heterocycles. The van der Waals surface area contributed by atoms with Crippen molar-refractivity contribution in [3.05, 3.63) is 112 Å². The number of para-hydroxylation sites is 1. The highest BCUT2D eigenvalue weighted by molar-refractivity contribution is 7.16. The molecule has 0 saturated carbocycles. The van der Waals surface area contributed by atoms with Crippen LogP contribution in [0.25, 0.3) is 15.9 Å². The van der Waals surface area contributed by atoms with Crippen LogP contribution in [0.3, 0.4) is 0 Å². The number of ether oxygens (including phenoxy) is 1. The topological polar surface area (TPSA) is 61.4 Å². The van der Waals surface area contributed by atoms with E-state index in [0.717, 1.165) is 32.2 Å². The lowest BCUT2D eigenvalue weighted by molar-refractivity contribution is 0.340. The van der Waals surface area contributed by atoms with Gasteiger partial charge in [-0.1, -0.05) is 59.9 Å². The molecule has 3 aromatic carbocycles. The summed E-state index contributed by atoms with van der Waals surface area (Å²) in [6, 6.07) is 27.2. The first-order chi connectivity index (χ1) is 16.2. The predicted octanol–water partition coefficient (Wildman–Crippen LogP) is 4.93. The summed E-state index contributed by atoms with van der Waals surface area (Å²) in [7, 11) is 0.